The third kappa shape index (κ3) is 4.11. The molecule has 0 spiro atoms. The van der Waals surface area contributed by atoms with Crippen molar-refractivity contribution in [2.45, 2.75) is 32.1 Å². The minimum absolute atomic E-state index is 0.119. The first-order chi connectivity index (χ1) is 7.13. The molecular weight excluding hydrogens is 202 g/mol. The van der Waals surface area contributed by atoms with Crippen LogP contribution in [0.2, 0.25) is 0 Å². The van der Waals surface area contributed by atoms with Crippen molar-refractivity contribution < 1.29 is 13.6 Å². The van der Waals surface area contributed by atoms with Gasteiger partial charge in [-0.15, -0.1) is 0 Å². The molecule has 1 saturated carbocycles. The van der Waals surface area contributed by atoms with Crippen LogP contribution in [0.15, 0.2) is 0 Å². The van der Waals surface area contributed by atoms with E-state index in [1.807, 2.05) is 0 Å². The lowest BCUT2D eigenvalue weighted by Crippen LogP contribution is -2.37. The van der Waals surface area contributed by atoms with Gasteiger partial charge in [0, 0.05) is 5.92 Å². The number of nitrogens with one attached hydrogen (secondary N) is 1. The van der Waals surface area contributed by atoms with Gasteiger partial charge in [0.25, 0.3) is 6.43 Å². The molecule has 0 aliphatic heterocycles. The van der Waals surface area contributed by atoms with Gasteiger partial charge in [-0.1, -0.05) is 6.42 Å². The molecule has 3 nitrogen and oxygen atoms in total. The molecule has 15 heavy (non-hydrogen) atoms. The fourth-order valence-corrected chi connectivity index (χ4v) is 2.07. The van der Waals surface area contributed by atoms with Crippen molar-refractivity contribution in [2.24, 2.45) is 17.6 Å². The summed E-state index contributed by atoms with van der Waals surface area (Å²) in [6.45, 7) is 0.0429. The Morgan fingerprint density at radius 1 is 1.47 bits per heavy atom. The van der Waals surface area contributed by atoms with Gasteiger partial charge in [0.1, 0.15) is 0 Å². The molecule has 1 aliphatic carbocycles. The van der Waals surface area contributed by atoms with Crippen molar-refractivity contribution in [3.05, 3.63) is 0 Å². The van der Waals surface area contributed by atoms with Gasteiger partial charge in [0.2, 0.25) is 5.91 Å². The van der Waals surface area contributed by atoms with E-state index in [4.69, 9.17) is 5.73 Å². The van der Waals surface area contributed by atoms with Crippen LogP contribution in [0.1, 0.15) is 25.7 Å². The van der Waals surface area contributed by atoms with E-state index in [1.54, 1.807) is 0 Å². The molecule has 1 rings (SSSR count). The second-order valence-corrected chi connectivity index (χ2v) is 4.10. The molecule has 1 amide bonds. The number of alkyl halides is 2. The van der Waals surface area contributed by atoms with Crippen molar-refractivity contribution in [3.8, 4) is 0 Å². The fourth-order valence-electron chi connectivity index (χ4n) is 2.07. The molecule has 88 valence electrons. The van der Waals surface area contributed by atoms with Crippen molar-refractivity contribution in [3.63, 3.8) is 0 Å². The third-order valence-electron chi connectivity index (χ3n) is 2.92. The van der Waals surface area contributed by atoms with Crippen molar-refractivity contribution in [2.75, 3.05) is 13.1 Å². The Morgan fingerprint density at radius 3 is 2.80 bits per heavy atom. The normalized spacial score (nSPS) is 26.7. The van der Waals surface area contributed by atoms with Crippen LogP contribution in [0, 0.1) is 11.8 Å². The van der Waals surface area contributed by atoms with Crippen molar-refractivity contribution in [1.82, 2.24) is 5.32 Å². The number of carbonyl (C=O) groups is 1. The molecule has 0 aromatic heterocycles. The van der Waals surface area contributed by atoms with Crippen LogP contribution >= 0.6 is 0 Å². The predicted octanol–water partition coefficient (Wildman–Crippen LogP) is 1.13. The maximum absolute atomic E-state index is 11.9. The molecule has 2 atom stereocenters. The lowest BCUT2D eigenvalue weighted by atomic mass is 9.81. The SMILES string of the molecule is NCC1CCCC(C(=O)NCC(F)F)C1. The van der Waals surface area contributed by atoms with Gasteiger partial charge in [-0.3, -0.25) is 4.79 Å². The highest BCUT2D eigenvalue weighted by atomic mass is 19.3. The Labute approximate surface area is 88.4 Å². The Balaban J connectivity index is 2.32. The van der Waals surface area contributed by atoms with Gasteiger partial charge in [-0.05, 0) is 31.7 Å². The van der Waals surface area contributed by atoms with E-state index >= 15 is 0 Å². The molecule has 3 N–H and O–H groups in total. The highest BCUT2D eigenvalue weighted by Gasteiger charge is 2.26. The Kier molecular flexibility index (Phi) is 4.94. The zero-order valence-electron chi connectivity index (χ0n) is 8.72. The molecule has 0 aromatic rings. The number of hydrogen-bond donors (Lipinski definition) is 2. The number of halogens is 2. The van der Waals surface area contributed by atoms with Gasteiger partial charge in [0.05, 0.1) is 6.54 Å². The maximum atomic E-state index is 11.9. The van der Waals surface area contributed by atoms with E-state index in [0.29, 0.717) is 12.5 Å². The highest BCUT2D eigenvalue weighted by Crippen LogP contribution is 2.28. The predicted molar refractivity (Wildman–Crippen MR) is 53.5 cm³/mol. The van der Waals surface area contributed by atoms with Crippen LogP contribution in [0.3, 0.4) is 0 Å². The lowest BCUT2D eigenvalue weighted by molar-refractivity contribution is -0.127. The van der Waals surface area contributed by atoms with Crippen LogP contribution in [-0.4, -0.2) is 25.4 Å². The smallest absolute Gasteiger partial charge is 0.255 e. The average molecular weight is 220 g/mol. The zero-order chi connectivity index (χ0) is 11.3. The largest absolute Gasteiger partial charge is 0.350 e. The maximum Gasteiger partial charge on any atom is 0.255 e. The van der Waals surface area contributed by atoms with Gasteiger partial charge in [-0.25, -0.2) is 8.78 Å². The standard InChI is InChI=1S/C10H18F2N2O/c11-9(12)6-14-10(15)8-3-1-2-7(4-8)5-13/h7-9H,1-6,13H2,(H,14,15). The monoisotopic (exact) mass is 220 g/mol. The molecule has 0 radical (unpaired) electrons. The first-order valence-corrected chi connectivity index (χ1v) is 5.39. The second-order valence-electron chi connectivity index (χ2n) is 4.10. The zero-order valence-corrected chi connectivity index (χ0v) is 8.72. The minimum atomic E-state index is -2.47. The Morgan fingerprint density at radius 2 is 2.20 bits per heavy atom. The topological polar surface area (TPSA) is 55.1 Å². The summed E-state index contributed by atoms with van der Waals surface area (Å²) >= 11 is 0. The summed E-state index contributed by atoms with van der Waals surface area (Å²) in [5.41, 5.74) is 5.54. The Bertz CT molecular complexity index is 212. The van der Waals surface area contributed by atoms with Crippen LogP contribution in [0.5, 0.6) is 0 Å². The van der Waals surface area contributed by atoms with E-state index in [2.05, 4.69) is 5.32 Å². The van der Waals surface area contributed by atoms with Crippen LogP contribution < -0.4 is 11.1 Å². The highest BCUT2D eigenvalue weighted by molar-refractivity contribution is 5.78. The first kappa shape index (κ1) is 12.4. The van der Waals surface area contributed by atoms with E-state index < -0.39 is 13.0 Å². The summed E-state index contributed by atoms with van der Waals surface area (Å²) in [6, 6.07) is 0. The molecule has 0 heterocycles. The van der Waals surface area contributed by atoms with Gasteiger partial charge < -0.3 is 11.1 Å². The quantitative estimate of drug-likeness (QED) is 0.746. The van der Waals surface area contributed by atoms with Gasteiger partial charge >= 0.3 is 0 Å². The number of amides is 1. The van der Waals surface area contributed by atoms with Crippen LogP contribution in [-0.2, 0) is 4.79 Å². The molecule has 0 aromatic carbocycles. The van der Waals surface area contributed by atoms with Gasteiger partial charge in [0.15, 0.2) is 0 Å². The molecule has 5 heteroatoms. The van der Waals surface area contributed by atoms with Crippen molar-refractivity contribution >= 4 is 5.91 Å². The molecule has 0 saturated heterocycles. The summed E-state index contributed by atoms with van der Waals surface area (Å²) in [5.74, 6) is 0.0144. The first-order valence-electron chi connectivity index (χ1n) is 5.39. The van der Waals surface area contributed by atoms with E-state index in [9.17, 15) is 13.6 Å². The molecule has 1 aliphatic rings. The summed E-state index contributed by atoms with van der Waals surface area (Å²) in [6.07, 6.45) is 1.09. The number of hydrogen-bond acceptors (Lipinski definition) is 2. The van der Waals surface area contributed by atoms with Crippen LogP contribution in [0.25, 0.3) is 0 Å². The lowest BCUT2D eigenvalue weighted by Gasteiger charge is -2.27. The third-order valence-corrected chi connectivity index (χ3v) is 2.92. The summed E-state index contributed by atoms with van der Waals surface area (Å²) in [7, 11) is 0. The molecular formula is C10H18F2N2O. The van der Waals surface area contributed by atoms with E-state index in [-0.39, 0.29) is 11.8 Å². The summed E-state index contributed by atoms with van der Waals surface area (Å²) in [4.78, 5) is 11.5. The molecule has 2 unspecified atom stereocenters. The van der Waals surface area contributed by atoms with Crippen LogP contribution in [0.4, 0.5) is 8.78 Å². The van der Waals surface area contributed by atoms with Gasteiger partial charge in [-0.2, -0.15) is 0 Å². The van der Waals surface area contributed by atoms with E-state index in [1.165, 1.54) is 0 Å². The summed E-state index contributed by atoms with van der Waals surface area (Å²) in [5, 5.41) is 2.27. The number of nitrogens with two attached hydrogens (primary N) is 1. The second kappa shape index (κ2) is 6.00. The van der Waals surface area contributed by atoms with E-state index in [0.717, 1.165) is 25.7 Å². The molecule has 0 bridgehead atoms. The fraction of sp³-hybridized carbons (Fsp3) is 0.900. The average Bonchev–Trinajstić information content (AvgIpc) is 2.26. The minimum Gasteiger partial charge on any atom is -0.350 e. The Hall–Kier alpha value is -0.710. The number of rotatable bonds is 4. The summed E-state index contributed by atoms with van der Waals surface area (Å²) < 4.78 is 23.7. The van der Waals surface area contributed by atoms with Crippen molar-refractivity contribution in [1.29, 1.82) is 0 Å². The number of carbonyl (C=O) groups excluding carboxylic acids is 1. The molecule has 1 fully saturated rings.